The van der Waals surface area contributed by atoms with Crippen LogP contribution in [0.1, 0.15) is 16.7 Å². The predicted octanol–water partition coefficient (Wildman–Crippen LogP) is 6.25. The Morgan fingerprint density at radius 1 is 0.619 bits per heavy atom. The van der Waals surface area contributed by atoms with Gasteiger partial charge in [-0.2, -0.15) is 31.6 Å². The molecule has 0 saturated heterocycles. The third-order valence-electron chi connectivity index (χ3n) is 7.70. The molecule has 4 heterocycles. The fraction of sp³-hybridized carbons (Fsp3) is 0.0690. The average molecular weight is 573 g/mol. The van der Waals surface area contributed by atoms with Crippen molar-refractivity contribution in [3.05, 3.63) is 92.0 Å². The van der Waals surface area contributed by atoms with Crippen LogP contribution in [0.25, 0.3) is 65.7 Å². The van der Waals surface area contributed by atoms with Gasteiger partial charge in [-0.3, -0.25) is 18.4 Å². The molecule has 0 spiro atoms. The first kappa shape index (κ1) is 24.3. The number of aromatic nitrogens is 4. The lowest BCUT2D eigenvalue weighted by Crippen LogP contribution is -2.18. The summed E-state index contributed by atoms with van der Waals surface area (Å²) in [6, 6.07) is 11.9. The normalized spacial score (nSPS) is 13.2. The molecule has 0 N–H and O–H groups in total. The molecular formula is C29H9F6N5O2. The molecule has 0 radical (unpaired) electrons. The number of halogens is 6. The number of fused-ring (bicyclic) bond motifs is 8. The van der Waals surface area contributed by atoms with Crippen molar-refractivity contribution in [2.75, 3.05) is 0 Å². The molecule has 0 unspecified atom stereocenters. The lowest BCUT2D eigenvalue weighted by atomic mass is 9.93. The van der Waals surface area contributed by atoms with Gasteiger partial charge in [0, 0.05) is 21.5 Å². The average Bonchev–Trinajstić information content (AvgIpc) is 3.52. The van der Waals surface area contributed by atoms with Crippen LogP contribution in [0.15, 0.2) is 64.2 Å². The quantitative estimate of drug-likeness (QED) is 0.158. The molecule has 7 nitrogen and oxygen atoms in total. The van der Waals surface area contributed by atoms with Crippen LogP contribution in [0.2, 0.25) is 0 Å². The van der Waals surface area contributed by atoms with E-state index in [2.05, 4.69) is 9.97 Å². The zero-order chi connectivity index (χ0) is 29.5. The molecule has 0 atom stereocenters. The smallest absolute Gasteiger partial charge is 0.268 e. The summed E-state index contributed by atoms with van der Waals surface area (Å²) in [5.41, 5.74) is -3.46. The zero-order valence-electron chi connectivity index (χ0n) is 20.5. The minimum absolute atomic E-state index is 0.0239. The predicted molar refractivity (Wildman–Crippen MR) is 141 cm³/mol. The third-order valence-corrected chi connectivity index (χ3v) is 7.70. The van der Waals surface area contributed by atoms with Crippen molar-refractivity contribution in [1.82, 2.24) is 18.8 Å². The molecule has 0 aliphatic heterocycles. The van der Waals surface area contributed by atoms with E-state index in [1.807, 2.05) is 6.07 Å². The van der Waals surface area contributed by atoms with Gasteiger partial charge in [-0.05, 0) is 54.6 Å². The van der Waals surface area contributed by atoms with Crippen LogP contribution in [-0.4, -0.2) is 18.8 Å². The molecule has 13 heteroatoms. The molecule has 4 aromatic heterocycles. The Bertz CT molecular complexity index is 2660. The van der Waals surface area contributed by atoms with Crippen molar-refractivity contribution in [3.63, 3.8) is 0 Å². The second kappa shape index (κ2) is 7.41. The number of alkyl halides is 6. The highest BCUT2D eigenvalue weighted by Gasteiger charge is 2.33. The second-order valence-electron chi connectivity index (χ2n) is 9.92. The molecule has 0 aliphatic carbocycles. The fourth-order valence-electron chi connectivity index (χ4n) is 5.93. The number of rotatable bonds is 0. The number of nitrogens with zero attached hydrogens (tertiary/aromatic N) is 5. The maximum absolute atomic E-state index is 13.9. The van der Waals surface area contributed by atoms with E-state index in [0.717, 1.165) is 45.2 Å². The summed E-state index contributed by atoms with van der Waals surface area (Å²) in [7, 11) is 0. The minimum atomic E-state index is -4.67. The Morgan fingerprint density at radius 3 is 1.88 bits per heavy atom. The van der Waals surface area contributed by atoms with Crippen LogP contribution in [0.5, 0.6) is 0 Å². The van der Waals surface area contributed by atoms with Gasteiger partial charge >= 0.3 is 12.4 Å². The Balaban J connectivity index is 1.60. The zero-order valence-corrected chi connectivity index (χ0v) is 20.5. The van der Waals surface area contributed by atoms with E-state index in [1.54, 1.807) is 12.1 Å². The van der Waals surface area contributed by atoms with E-state index in [1.165, 1.54) is 6.07 Å². The van der Waals surface area contributed by atoms with E-state index in [9.17, 15) is 41.2 Å². The number of hydrogen-bond acceptors (Lipinski definition) is 5. The van der Waals surface area contributed by atoms with Gasteiger partial charge in [0.15, 0.2) is 0 Å². The van der Waals surface area contributed by atoms with Crippen molar-refractivity contribution in [2.45, 2.75) is 12.4 Å². The van der Waals surface area contributed by atoms with Gasteiger partial charge in [0.2, 0.25) is 0 Å². The maximum Gasteiger partial charge on any atom is 0.416 e. The first-order chi connectivity index (χ1) is 19.9. The van der Waals surface area contributed by atoms with E-state index < -0.39 is 34.6 Å². The summed E-state index contributed by atoms with van der Waals surface area (Å²) in [5.74, 6) is 0. The SMILES string of the molecule is N#Cc1cc2c(=O)n3c4cc(C(F)(F)F)ccc4nc3c3ccc4c(c1c(=O)n1c5ccc(C(F)(F)F)cc5nc41)c23. The summed E-state index contributed by atoms with van der Waals surface area (Å²) in [4.78, 5) is 36.5. The van der Waals surface area contributed by atoms with Crippen molar-refractivity contribution in [1.29, 1.82) is 5.26 Å². The Morgan fingerprint density at radius 2 is 1.21 bits per heavy atom. The minimum Gasteiger partial charge on any atom is -0.268 e. The first-order valence-electron chi connectivity index (χ1n) is 12.2. The van der Waals surface area contributed by atoms with Crippen LogP contribution < -0.4 is 11.1 Å². The highest BCUT2D eigenvalue weighted by atomic mass is 19.4. The van der Waals surface area contributed by atoms with Crippen LogP contribution >= 0.6 is 0 Å². The topological polar surface area (TPSA) is 92.5 Å². The number of imidazole rings is 2. The molecule has 4 aromatic carbocycles. The largest absolute Gasteiger partial charge is 0.416 e. The maximum atomic E-state index is 13.9. The molecule has 0 fully saturated rings. The van der Waals surface area contributed by atoms with Crippen molar-refractivity contribution in [2.24, 2.45) is 0 Å². The van der Waals surface area contributed by atoms with Crippen LogP contribution in [-0.2, 0) is 12.4 Å². The number of pyridine rings is 2. The number of hydrogen-bond donors (Lipinski definition) is 0. The van der Waals surface area contributed by atoms with Crippen LogP contribution in [0.4, 0.5) is 26.3 Å². The Labute approximate surface area is 226 Å². The van der Waals surface area contributed by atoms with Crippen molar-refractivity contribution >= 4 is 65.7 Å². The summed E-state index contributed by atoms with van der Waals surface area (Å²) >= 11 is 0. The van der Waals surface area contributed by atoms with Crippen molar-refractivity contribution in [3.8, 4) is 6.07 Å². The third kappa shape index (κ3) is 2.90. The molecule has 0 saturated carbocycles. The van der Waals surface area contributed by atoms with Crippen LogP contribution in [0.3, 0.4) is 0 Å². The van der Waals surface area contributed by atoms with Gasteiger partial charge in [0.25, 0.3) is 11.1 Å². The molecule has 0 aliphatic rings. The summed E-state index contributed by atoms with van der Waals surface area (Å²) in [6.07, 6.45) is -9.32. The van der Waals surface area contributed by atoms with Gasteiger partial charge in [-0.1, -0.05) is 0 Å². The van der Waals surface area contributed by atoms with Crippen LogP contribution in [0, 0.1) is 11.3 Å². The second-order valence-corrected chi connectivity index (χ2v) is 9.92. The standard InChI is InChI=1S/C29H9F6N5O2/c30-28(31,32)12-2-6-19-18(8-12)38-25-15-4-3-14-22-16(7-11(10-36)21(23(15)22)27(42)39(19)25)26(41)40-20-9-13(29(33,34)35)1-5-17(20)37-24(14)40/h1-9H. The number of nitriles is 1. The molecule has 204 valence electrons. The van der Waals surface area contributed by atoms with E-state index in [4.69, 9.17) is 0 Å². The number of benzene rings is 4. The Hall–Kier alpha value is -5.51. The molecule has 8 aromatic rings. The van der Waals surface area contributed by atoms with Gasteiger partial charge in [0.05, 0.1) is 49.5 Å². The van der Waals surface area contributed by atoms with Gasteiger partial charge in [-0.15, -0.1) is 0 Å². The monoisotopic (exact) mass is 573 g/mol. The molecule has 0 bridgehead atoms. The van der Waals surface area contributed by atoms with E-state index in [-0.39, 0.29) is 60.5 Å². The highest BCUT2D eigenvalue weighted by molar-refractivity contribution is 6.28. The molecule has 8 rings (SSSR count). The summed E-state index contributed by atoms with van der Waals surface area (Å²) in [5, 5.41) is 11.0. The molecule has 0 amide bonds. The molecule has 42 heavy (non-hydrogen) atoms. The van der Waals surface area contributed by atoms with E-state index >= 15 is 0 Å². The van der Waals surface area contributed by atoms with E-state index in [0.29, 0.717) is 10.8 Å². The lowest BCUT2D eigenvalue weighted by molar-refractivity contribution is -0.138. The van der Waals surface area contributed by atoms with Gasteiger partial charge in [-0.25, -0.2) is 9.97 Å². The first-order valence-corrected chi connectivity index (χ1v) is 12.2. The Kier molecular flexibility index (Phi) is 4.29. The highest BCUT2D eigenvalue weighted by Crippen LogP contribution is 2.39. The lowest BCUT2D eigenvalue weighted by Gasteiger charge is -2.13. The van der Waals surface area contributed by atoms with Gasteiger partial charge in [0.1, 0.15) is 17.4 Å². The summed E-state index contributed by atoms with van der Waals surface area (Å²) < 4.78 is 82.8. The van der Waals surface area contributed by atoms with Gasteiger partial charge < -0.3 is 0 Å². The van der Waals surface area contributed by atoms with Crippen molar-refractivity contribution < 1.29 is 26.3 Å². The fourth-order valence-corrected chi connectivity index (χ4v) is 5.93. The summed E-state index contributed by atoms with van der Waals surface area (Å²) in [6.45, 7) is 0. The molecular weight excluding hydrogens is 564 g/mol.